The molecule has 1 N–H and O–H groups in total. The van der Waals surface area contributed by atoms with E-state index in [4.69, 9.17) is 4.98 Å². The minimum absolute atomic E-state index is 0.0156. The molecule has 0 unspecified atom stereocenters. The lowest BCUT2D eigenvalue weighted by atomic mass is 9.97. The van der Waals surface area contributed by atoms with Gasteiger partial charge in [0, 0.05) is 18.0 Å². The summed E-state index contributed by atoms with van der Waals surface area (Å²) >= 11 is 2.65. The number of rotatable bonds is 5. The van der Waals surface area contributed by atoms with Crippen molar-refractivity contribution in [2.75, 3.05) is 11.1 Å². The largest absolute Gasteiger partial charge is 0.310 e. The normalized spacial score (nSPS) is 13.3. The third-order valence-corrected chi connectivity index (χ3v) is 7.78. The van der Waals surface area contributed by atoms with E-state index in [1.165, 1.54) is 26.8 Å². The first-order chi connectivity index (χ1) is 15.9. The lowest BCUT2D eigenvalue weighted by molar-refractivity contribution is -0.113. The molecule has 0 radical (unpaired) electrons. The van der Waals surface area contributed by atoms with Gasteiger partial charge in [-0.1, -0.05) is 23.9 Å². The summed E-state index contributed by atoms with van der Waals surface area (Å²) in [7, 11) is 1.75. The van der Waals surface area contributed by atoms with Gasteiger partial charge < -0.3 is 5.32 Å². The van der Waals surface area contributed by atoms with E-state index in [9.17, 15) is 14.0 Å². The predicted molar refractivity (Wildman–Crippen MR) is 129 cm³/mol. The number of carbonyl (C=O) groups is 1. The number of para-hydroxylation sites is 1. The fraction of sp³-hybridized carbons (Fsp3) is 0.304. The molecule has 4 aromatic rings. The van der Waals surface area contributed by atoms with Crippen molar-refractivity contribution in [2.45, 2.75) is 37.8 Å². The summed E-state index contributed by atoms with van der Waals surface area (Å²) in [5, 5.41) is 7.92. The van der Waals surface area contributed by atoms with E-state index in [1.807, 2.05) is 6.92 Å². The number of nitrogens with zero attached hydrogens (tertiary/aromatic N) is 4. The maximum absolute atomic E-state index is 14.8. The standard InChI is InChI=1S/C23H22FN5O2S2/c1-13-11-18(28(2)27-13)25-19(30)12-32-23-26-21-20(14-7-3-6-10-17(14)33-21)22(31)29(23)16-9-5-4-8-15(16)24/h4-5,8-9,11H,3,6-7,10,12H2,1-2H3,(H,25,30). The Kier molecular flexibility index (Phi) is 5.79. The third-order valence-electron chi connectivity index (χ3n) is 5.65. The average Bonchev–Trinajstić information content (AvgIpc) is 3.31. The number of hydrogen-bond donors (Lipinski definition) is 1. The van der Waals surface area contributed by atoms with E-state index in [-0.39, 0.29) is 22.9 Å². The van der Waals surface area contributed by atoms with Crippen LogP contribution in [0.15, 0.2) is 40.3 Å². The predicted octanol–water partition coefficient (Wildman–Crippen LogP) is 4.24. The molecule has 1 aliphatic rings. The fourth-order valence-electron chi connectivity index (χ4n) is 4.17. The Balaban J connectivity index is 1.55. The number of nitrogens with one attached hydrogen (secondary N) is 1. The number of thioether (sulfide) groups is 1. The second-order valence-corrected chi connectivity index (χ2v) is 10.0. The average molecular weight is 484 g/mol. The van der Waals surface area contributed by atoms with Gasteiger partial charge in [-0.05, 0) is 50.3 Å². The molecule has 0 bridgehead atoms. The summed E-state index contributed by atoms with van der Waals surface area (Å²) in [6, 6.07) is 7.92. The maximum atomic E-state index is 14.8. The van der Waals surface area contributed by atoms with Crippen LogP contribution in [0.3, 0.4) is 0 Å². The van der Waals surface area contributed by atoms with Gasteiger partial charge in [-0.15, -0.1) is 11.3 Å². The molecule has 5 rings (SSSR count). The van der Waals surface area contributed by atoms with Crippen LogP contribution in [0.4, 0.5) is 10.2 Å². The van der Waals surface area contributed by atoms with Crippen molar-refractivity contribution in [2.24, 2.45) is 7.05 Å². The van der Waals surface area contributed by atoms with Crippen LogP contribution < -0.4 is 10.9 Å². The van der Waals surface area contributed by atoms with Crippen LogP contribution in [0, 0.1) is 12.7 Å². The van der Waals surface area contributed by atoms with Gasteiger partial charge >= 0.3 is 0 Å². The Bertz CT molecular complexity index is 1440. The van der Waals surface area contributed by atoms with E-state index in [2.05, 4.69) is 10.4 Å². The van der Waals surface area contributed by atoms with Crippen LogP contribution in [-0.4, -0.2) is 31.0 Å². The Morgan fingerprint density at radius 1 is 1.27 bits per heavy atom. The molecule has 0 aliphatic heterocycles. The molecule has 0 spiro atoms. The minimum atomic E-state index is -0.512. The highest BCUT2D eigenvalue weighted by Crippen LogP contribution is 2.35. The van der Waals surface area contributed by atoms with Gasteiger partial charge in [0.15, 0.2) is 5.16 Å². The Morgan fingerprint density at radius 2 is 2.06 bits per heavy atom. The lowest BCUT2D eigenvalue weighted by Gasteiger charge is -2.14. The molecular formula is C23H22FN5O2S2. The number of hydrogen-bond acceptors (Lipinski definition) is 6. The molecule has 1 aliphatic carbocycles. The van der Waals surface area contributed by atoms with Crippen molar-refractivity contribution in [1.82, 2.24) is 19.3 Å². The first-order valence-corrected chi connectivity index (χ1v) is 12.5. The molecule has 7 nitrogen and oxygen atoms in total. The number of aryl methyl sites for hydroxylation is 4. The van der Waals surface area contributed by atoms with E-state index in [0.717, 1.165) is 48.7 Å². The van der Waals surface area contributed by atoms with Crippen LogP contribution in [0.2, 0.25) is 0 Å². The topological polar surface area (TPSA) is 81.8 Å². The highest BCUT2D eigenvalue weighted by molar-refractivity contribution is 7.99. The van der Waals surface area contributed by atoms with Gasteiger partial charge in [-0.2, -0.15) is 5.10 Å². The van der Waals surface area contributed by atoms with E-state index < -0.39 is 5.82 Å². The van der Waals surface area contributed by atoms with Crippen LogP contribution in [0.1, 0.15) is 29.0 Å². The summed E-state index contributed by atoms with van der Waals surface area (Å²) in [5.74, 6) is -0.176. The van der Waals surface area contributed by atoms with Gasteiger partial charge in [-0.25, -0.2) is 9.37 Å². The summed E-state index contributed by atoms with van der Waals surface area (Å²) in [6.45, 7) is 1.84. The number of carbonyl (C=O) groups excluding carboxylic acids is 1. The fourth-order valence-corrected chi connectivity index (χ4v) is 6.27. The summed E-state index contributed by atoms with van der Waals surface area (Å²) in [4.78, 5) is 32.8. The van der Waals surface area contributed by atoms with Crippen molar-refractivity contribution in [3.63, 3.8) is 0 Å². The van der Waals surface area contributed by atoms with Gasteiger partial charge in [0.2, 0.25) is 5.91 Å². The molecule has 0 saturated carbocycles. The molecular weight excluding hydrogens is 461 g/mol. The Hall–Kier alpha value is -2.98. The molecule has 10 heteroatoms. The maximum Gasteiger partial charge on any atom is 0.267 e. The van der Waals surface area contributed by atoms with Crippen LogP contribution in [0.5, 0.6) is 0 Å². The van der Waals surface area contributed by atoms with E-state index >= 15 is 0 Å². The first kappa shape index (κ1) is 21.8. The zero-order chi connectivity index (χ0) is 23.1. The summed E-state index contributed by atoms with van der Waals surface area (Å²) in [5.41, 5.74) is 1.69. The monoisotopic (exact) mass is 483 g/mol. The smallest absolute Gasteiger partial charge is 0.267 e. The zero-order valence-corrected chi connectivity index (χ0v) is 19.9. The number of amides is 1. The third kappa shape index (κ3) is 4.08. The summed E-state index contributed by atoms with van der Waals surface area (Å²) in [6.07, 6.45) is 3.89. The van der Waals surface area contributed by atoms with Crippen LogP contribution in [0.25, 0.3) is 15.9 Å². The Morgan fingerprint density at radius 3 is 2.82 bits per heavy atom. The molecule has 3 heterocycles. The highest BCUT2D eigenvalue weighted by Gasteiger charge is 2.24. The number of fused-ring (bicyclic) bond motifs is 3. The quantitative estimate of drug-likeness (QED) is 0.339. The first-order valence-electron chi connectivity index (χ1n) is 10.7. The van der Waals surface area contributed by atoms with Crippen molar-refractivity contribution in [1.29, 1.82) is 0 Å². The molecule has 0 atom stereocenters. The zero-order valence-electron chi connectivity index (χ0n) is 18.2. The van der Waals surface area contributed by atoms with E-state index in [1.54, 1.807) is 36.0 Å². The van der Waals surface area contributed by atoms with Crippen LogP contribution in [-0.2, 0) is 24.7 Å². The second kappa shape index (κ2) is 8.75. The Labute approximate surface area is 197 Å². The minimum Gasteiger partial charge on any atom is -0.310 e. The molecule has 0 fully saturated rings. The van der Waals surface area contributed by atoms with Gasteiger partial charge in [-0.3, -0.25) is 18.8 Å². The number of halogens is 1. The van der Waals surface area contributed by atoms with Crippen molar-refractivity contribution in [3.8, 4) is 5.69 Å². The van der Waals surface area contributed by atoms with Gasteiger partial charge in [0.25, 0.3) is 5.56 Å². The molecule has 0 saturated heterocycles. The lowest BCUT2D eigenvalue weighted by Crippen LogP contribution is -2.24. The number of anilines is 1. The van der Waals surface area contributed by atoms with E-state index in [0.29, 0.717) is 21.2 Å². The molecule has 1 aromatic carbocycles. The molecule has 170 valence electrons. The number of aromatic nitrogens is 4. The van der Waals surface area contributed by atoms with Gasteiger partial charge in [0.1, 0.15) is 16.5 Å². The summed E-state index contributed by atoms with van der Waals surface area (Å²) < 4.78 is 17.7. The highest BCUT2D eigenvalue weighted by atomic mass is 32.2. The van der Waals surface area contributed by atoms with Crippen molar-refractivity contribution >= 4 is 45.0 Å². The second-order valence-electron chi connectivity index (χ2n) is 8.01. The number of thiophene rings is 1. The molecule has 1 amide bonds. The SMILES string of the molecule is Cc1cc(NC(=O)CSc2nc3sc4c(c3c(=O)n2-c2ccccc2F)CCCC4)n(C)n1. The van der Waals surface area contributed by atoms with Crippen LogP contribution >= 0.6 is 23.1 Å². The number of benzene rings is 1. The van der Waals surface area contributed by atoms with Gasteiger partial charge in [0.05, 0.1) is 22.5 Å². The van der Waals surface area contributed by atoms with Crippen molar-refractivity contribution in [3.05, 3.63) is 62.6 Å². The molecule has 3 aromatic heterocycles. The van der Waals surface area contributed by atoms with Crippen molar-refractivity contribution < 1.29 is 9.18 Å². The molecule has 33 heavy (non-hydrogen) atoms.